The molecule has 1 unspecified atom stereocenters. The van der Waals surface area contributed by atoms with Gasteiger partial charge in [-0.05, 0) is 75.6 Å². The Morgan fingerprint density at radius 2 is 2.00 bits per heavy atom. The van der Waals surface area contributed by atoms with Crippen molar-refractivity contribution in [2.75, 3.05) is 19.6 Å². The summed E-state index contributed by atoms with van der Waals surface area (Å²) in [6.07, 6.45) is 6.03. The first kappa shape index (κ1) is 27.0. The van der Waals surface area contributed by atoms with E-state index in [1.807, 2.05) is 25.4 Å². The lowest BCUT2D eigenvalue weighted by Crippen LogP contribution is -2.39. The number of hydrogen-bond donors (Lipinski definition) is 1. The van der Waals surface area contributed by atoms with Gasteiger partial charge in [-0.1, -0.05) is 17.4 Å². The number of aromatic nitrogens is 3. The molecule has 1 aromatic carbocycles. The fourth-order valence-corrected chi connectivity index (χ4v) is 6.63. The fourth-order valence-electron chi connectivity index (χ4n) is 5.60. The lowest BCUT2D eigenvalue weighted by atomic mass is 9.84. The first-order chi connectivity index (χ1) is 18.3. The van der Waals surface area contributed by atoms with Crippen LogP contribution < -0.4 is 10.1 Å². The van der Waals surface area contributed by atoms with E-state index in [2.05, 4.69) is 26.4 Å². The van der Waals surface area contributed by atoms with Gasteiger partial charge in [-0.25, -0.2) is 13.8 Å². The van der Waals surface area contributed by atoms with Gasteiger partial charge in [0.25, 0.3) is 11.6 Å². The van der Waals surface area contributed by atoms with E-state index in [0.29, 0.717) is 17.5 Å². The van der Waals surface area contributed by atoms with Crippen molar-refractivity contribution in [3.63, 3.8) is 0 Å². The predicted octanol–water partition coefficient (Wildman–Crippen LogP) is 4.77. The molecule has 1 aliphatic heterocycles. The number of alkyl halides is 2. The smallest absolute Gasteiger partial charge is 0.274 e. The second-order valence-electron chi connectivity index (χ2n) is 10.8. The molecule has 0 spiro atoms. The van der Waals surface area contributed by atoms with Gasteiger partial charge < -0.3 is 15.0 Å². The average molecular weight is 546 g/mol. The summed E-state index contributed by atoms with van der Waals surface area (Å²) in [4.78, 5) is 20.8. The van der Waals surface area contributed by atoms with Crippen molar-refractivity contribution in [3.05, 3.63) is 40.5 Å². The van der Waals surface area contributed by atoms with Gasteiger partial charge in [0.05, 0.1) is 17.6 Å². The zero-order valence-corrected chi connectivity index (χ0v) is 23.0. The third-order valence-corrected chi connectivity index (χ3v) is 8.88. The Morgan fingerprint density at radius 1 is 1.21 bits per heavy atom. The number of thiazole rings is 1. The van der Waals surface area contributed by atoms with Crippen LogP contribution in [0.5, 0.6) is 5.19 Å². The predicted molar refractivity (Wildman–Crippen MR) is 145 cm³/mol. The van der Waals surface area contributed by atoms with E-state index in [1.54, 1.807) is 4.68 Å². The highest BCUT2D eigenvalue weighted by atomic mass is 32.1. The van der Waals surface area contributed by atoms with Crippen molar-refractivity contribution < 1.29 is 18.3 Å². The van der Waals surface area contributed by atoms with E-state index in [4.69, 9.17) is 4.74 Å². The van der Waals surface area contributed by atoms with Gasteiger partial charge in [0.2, 0.25) is 5.91 Å². The van der Waals surface area contributed by atoms with Crippen LogP contribution in [0.4, 0.5) is 8.78 Å². The van der Waals surface area contributed by atoms with Gasteiger partial charge in [-0.15, -0.1) is 0 Å². The zero-order valence-electron chi connectivity index (χ0n) is 22.2. The van der Waals surface area contributed by atoms with E-state index in [1.165, 1.54) is 29.6 Å². The molecule has 3 heterocycles. The van der Waals surface area contributed by atoms with E-state index >= 15 is 0 Å². The van der Waals surface area contributed by atoms with Crippen molar-refractivity contribution in [1.82, 2.24) is 25.0 Å². The summed E-state index contributed by atoms with van der Waals surface area (Å²) in [5.41, 5.74) is 2.97. The van der Waals surface area contributed by atoms with E-state index < -0.39 is 12.5 Å². The Morgan fingerprint density at radius 3 is 2.79 bits per heavy atom. The first-order valence-electron chi connectivity index (χ1n) is 13.7. The van der Waals surface area contributed by atoms with Crippen LogP contribution in [-0.4, -0.2) is 63.8 Å². The van der Waals surface area contributed by atoms with E-state index in [-0.39, 0.29) is 11.9 Å². The average Bonchev–Trinajstić information content (AvgIpc) is 3.39. The van der Waals surface area contributed by atoms with Gasteiger partial charge in [0, 0.05) is 49.1 Å². The number of benzene rings is 1. The van der Waals surface area contributed by atoms with Crippen LogP contribution in [-0.2, 0) is 31.1 Å². The number of amides is 1. The number of halogens is 2. The highest BCUT2D eigenvalue weighted by Gasteiger charge is 2.25. The molecule has 5 rings (SSSR count). The number of carbonyl (C=O) groups excluding carboxylic acids is 1. The third-order valence-electron chi connectivity index (χ3n) is 7.83. The molecular weight excluding hydrogens is 508 g/mol. The molecule has 10 heteroatoms. The number of rotatable bonds is 9. The monoisotopic (exact) mass is 545 g/mol. The Bertz CT molecular complexity index is 1210. The molecule has 2 aliphatic rings. The van der Waals surface area contributed by atoms with Crippen molar-refractivity contribution in [2.24, 2.45) is 13.0 Å². The van der Waals surface area contributed by atoms with Crippen molar-refractivity contribution in [2.45, 2.75) is 76.9 Å². The van der Waals surface area contributed by atoms with Gasteiger partial charge in [0.1, 0.15) is 0 Å². The number of aryl methyl sites for hydroxylation is 1. The molecule has 0 saturated heterocycles. The number of hydrogen-bond acceptors (Lipinski definition) is 6. The minimum absolute atomic E-state index is 0.0968. The Balaban J connectivity index is 1.00. The molecule has 38 heavy (non-hydrogen) atoms. The fraction of sp³-hybridized carbons (Fsp3) is 0.607. The SMILES string of the molecule is CC(Oc1nc2c(s1)CCN(CCC1CCC(NC(=O)Cc3ccc4nn(C)cc4c3)CC1)CC2)C(F)F. The molecule has 0 bridgehead atoms. The van der Waals surface area contributed by atoms with Gasteiger partial charge in [0.15, 0.2) is 6.10 Å². The molecule has 1 fully saturated rings. The Kier molecular flexibility index (Phi) is 8.57. The highest BCUT2D eigenvalue weighted by Crippen LogP contribution is 2.31. The topological polar surface area (TPSA) is 72.3 Å². The molecule has 1 aliphatic carbocycles. The largest absolute Gasteiger partial charge is 0.461 e. The van der Waals surface area contributed by atoms with E-state index in [9.17, 15) is 13.6 Å². The molecule has 3 aromatic rings. The molecule has 206 valence electrons. The maximum Gasteiger partial charge on any atom is 0.274 e. The van der Waals surface area contributed by atoms with Crippen LogP contribution in [0.1, 0.15) is 55.2 Å². The number of carbonyl (C=O) groups is 1. The Hall–Kier alpha value is -2.59. The standard InChI is InChI=1S/C28H37F2N5O2S/c1-18(27(29)30)37-28-32-24-10-13-35(14-11-25(24)38-28)12-9-19-3-6-22(7-4-19)31-26(36)16-20-5-8-23-21(15-20)17-34(2)33-23/h5,8,15,17-19,22,27H,3-4,6-7,9-14,16H2,1-2H3,(H,31,36). The minimum Gasteiger partial charge on any atom is -0.461 e. The molecule has 1 atom stereocenters. The minimum atomic E-state index is -2.51. The van der Waals surface area contributed by atoms with E-state index in [0.717, 1.165) is 80.3 Å². The second-order valence-corrected chi connectivity index (χ2v) is 11.8. The normalized spacial score (nSPS) is 21.3. The second kappa shape index (κ2) is 12.1. The molecule has 1 saturated carbocycles. The summed E-state index contributed by atoms with van der Waals surface area (Å²) in [6, 6.07) is 6.29. The third kappa shape index (κ3) is 6.88. The number of fused-ring (bicyclic) bond motifs is 2. The Labute approximate surface area is 226 Å². The maximum absolute atomic E-state index is 12.8. The van der Waals surface area contributed by atoms with Crippen LogP contribution >= 0.6 is 11.3 Å². The quantitative estimate of drug-likeness (QED) is 0.419. The zero-order chi connectivity index (χ0) is 26.6. The van der Waals surface area contributed by atoms with Crippen molar-refractivity contribution >= 4 is 28.1 Å². The maximum atomic E-state index is 12.8. The van der Waals surface area contributed by atoms with Crippen LogP contribution in [0, 0.1) is 5.92 Å². The number of nitrogens with one attached hydrogen (secondary N) is 1. The number of nitrogens with zero attached hydrogens (tertiary/aromatic N) is 4. The summed E-state index contributed by atoms with van der Waals surface area (Å²) >= 11 is 1.42. The van der Waals surface area contributed by atoms with Crippen LogP contribution in [0.3, 0.4) is 0 Å². The lowest BCUT2D eigenvalue weighted by molar-refractivity contribution is -0.121. The highest BCUT2D eigenvalue weighted by molar-refractivity contribution is 7.13. The molecule has 1 amide bonds. The molecule has 7 nitrogen and oxygen atoms in total. The molecular formula is C28H37F2N5O2S. The number of ether oxygens (including phenoxy) is 1. The first-order valence-corrected chi connectivity index (χ1v) is 14.5. The van der Waals surface area contributed by atoms with Crippen molar-refractivity contribution in [3.8, 4) is 5.19 Å². The summed E-state index contributed by atoms with van der Waals surface area (Å²) < 4.78 is 32.7. The van der Waals surface area contributed by atoms with Gasteiger partial charge >= 0.3 is 0 Å². The molecule has 1 N–H and O–H groups in total. The van der Waals surface area contributed by atoms with Crippen LogP contribution in [0.25, 0.3) is 10.9 Å². The van der Waals surface area contributed by atoms with Crippen LogP contribution in [0.2, 0.25) is 0 Å². The molecule has 2 aromatic heterocycles. The van der Waals surface area contributed by atoms with Crippen molar-refractivity contribution in [1.29, 1.82) is 0 Å². The van der Waals surface area contributed by atoms with Crippen LogP contribution in [0.15, 0.2) is 24.4 Å². The van der Waals surface area contributed by atoms with Gasteiger partial charge in [-0.3, -0.25) is 9.48 Å². The lowest BCUT2D eigenvalue weighted by Gasteiger charge is -2.30. The van der Waals surface area contributed by atoms with Gasteiger partial charge in [-0.2, -0.15) is 5.10 Å². The summed E-state index contributed by atoms with van der Waals surface area (Å²) in [5.74, 6) is 0.794. The summed E-state index contributed by atoms with van der Waals surface area (Å²) in [7, 11) is 1.91. The summed E-state index contributed by atoms with van der Waals surface area (Å²) in [6.45, 7) is 4.36. The molecule has 0 radical (unpaired) electrons. The summed E-state index contributed by atoms with van der Waals surface area (Å²) in [5, 5.41) is 9.08.